The zero-order chi connectivity index (χ0) is 15.5. The summed E-state index contributed by atoms with van der Waals surface area (Å²) in [6.07, 6.45) is 0. The van der Waals surface area contributed by atoms with Gasteiger partial charge in [-0.25, -0.2) is 4.79 Å². The summed E-state index contributed by atoms with van der Waals surface area (Å²) >= 11 is 7.81. The van der Waals surface area contributed by atoms with Crippen LogP contribution in [-0.2, 0) is 11.5 Å². The van der Waals surface area contributed by atoms with Gasteiger partial charge in [0.2, 0.25) is 0 Å². The van der Waals surface area contributed by atoms with Gasteiger partial charge in [-0.2, -0.15) is 11.8 Å². The number of rotatable bonds is 4. The Bertz CT molecular complexity index is 873. The fourth-order valence-corrected chi connectivity index (χ4v) is 3.54. The van der Waals surface area contributed by atoms with E-state index in [9.17, 15) is 9.90 Å². The van der Waals surface area contributed by atoms with E-state index in [-0.39, 0.29) is 5.75 Å². The van der Waals surface area contributed by atoms with Gasteiger partial charge in [-0.15, -0.1) is 0 Å². The smallest absolute Gasteiger partial charge is 0.336 e. The van der Waals surface area contributed by atoms with E-state index < -0.39 is 5.63 Å². The summed E-state index contributed by atoms with van der Waals surface area (Å²) in [4.78, 5) is 11.6. The quantitative estimate of drug-likeness (QED) is 0.710. The van der Waals surface area contributed by atoms with Crippen LogP contribution in [0.15, 0.2) is 57.7 Å². The van der Waals surface area contributed by atoms with Crippen molar-refractivity contribution in [2.75, 3.05) is 0 Å². The molecule has 0 aliphatic rings. The third kappa shape index (κ3) is 3.29. The van der Waals surface area contributed by atoms with E-state index >= 15 is 0 Å². The Morgan fingerprint density at radius 3 is 2.64 bits per heavy atom. The van der Waals surface area contributed by atoms with Crippen LogP contribution in [0.25, 0.3) is 11.0 Å². The summed E-state index contributed by atoms with van der Waals surface area (Å²) in [6.45, 7) is 0. The Morgan fingerprint density at radius 2 is 1.82 bits per heavy atom. The van der Waals surface area contributed by atoms with Crippen molar-refractivity contribution < 1.29 is 9.52 Å². The Morgan fingerprint density at radius 1 is 1.05 bits per heavy atom. The molecule has 5 heteroatoms. The van der Waals surface area contributed by atoms with Crippen molar-refractivity contribution in [1.82, 2.24) is 0 Å². The number of phenolic OH excluding ortho intramolecular Hbond substituents is 1. The topological polar surface area (TPSA) is 50.4 Å². The molecule has 112 valence electrons. The number of hydrogen-bond acceptors (Lipinski definition) is 4. The van der Waals surface area contributed by atoms with Crippen LogP contribution in [0.1, 0.15) is 11.1 Å². The summed E-state index contributed by atoms with van der Waals surface area (Å²) in [5, 5.41) is 11.1. The molecule has 0 unspecified atom stereocenters. The highest BCUT2D eigenvalue weighted by Crippen LogP contribution is 2.27. The first-order valence-electron chi connectivity index (χ1n) is 6.70. The van der Waals surface area contributed by atoms with Crippen molar-refractivity contribution in [2.24, 2.45) is 0 Å². The normalized spacial score (nSPS) is 11.0. The van der Waals surface area contributed by atoms with Crippen molar-refractivity contribution in [2.45, 2.75) is 11.5 Å². The molecule has 0 bridgehead atoms. The predicted molar refractivity (Wildman–Crippen MR) is 90.6 cm³/mol. The molecule has 2 aromatic carbocycles. The second-order valence-corrected chi connectivity index (χ2v) is 6.25. The van der Waals surface area contributed by atoms with Crippen molar-refractivity contribution in [1.29, 1.82) is 0 Å². The summed E-state index contributed by atoms with van der Waals surface area (Å²) < 4.78 is 5.12. The molecule has 0 amide bonds. The number of aromatic hydroxyl groups is 1. The molecule has 0 saturated carbocycles. The molecule has 0 fully saturated rings. The molecule has 0 spiro atoms. The van der Waals surface area contributed by atoms with Crippen LogP contribution in [0.2, 0.25) is 5.02 Å². The number of hydrogen-bond donors (Lipinski definition) is 1. The van der Waals surface area contributed by atoms with Gasteiger partial charge < -0.3 is 9.52 Å². The minimum Gasteiger partial charge on any atom is -0.508 e. The minimum absolute atomic E-state index is 0.0801. The average molecular weight is 333 g/mol. The maximum atomic E-state index is 11.6. The van der Waals surface area contributed by atoms with Gasteiger partial charge in [-0.3, -0.25) is 0 Å². The summed E-state index contributed by atoms with van der Waals surface area (Å²) in [5.74, 6) is 1.51. The monoisotopic (exact) mass is 332 g/mol. The highest BCUT2D eigenvalue weighted by molar-refractivity contribution is 7.97. The third-order valence-corrected chi connectivity index (χ3v) is 4.69. The van der Waals surface area contributed by atoms with Crippen molar-refractivity contribution in [3.8, 4) is 5.75 Å². The summed E-state index contributed by atoms with van der Waals surface area (Å²) in [7, 11) is 0. The lowest BCUT2D eigenvalue weighted by molar-refractivity contribution is 0.473. The van der Waals surface area contributed by atoms with E-state index in [2.05, 4.69) is 0 Å². The maximum Gasteiger partial charge on any atom is 0.336 e. The summed E-state index contributed by atoms with van der Waals surface area (Å²) in [5.41, 5.74) is 1.95. The molecule has 0 radical (unpaired) electrons. The Hall–Kier alpha value is -1.91. The minimum atomic E-state index is -0.411. The molecule has 1 heterocycles. The fourth-order valence-electron chi connectivity index (χ4n) is 2.22. The lowest BCUT2D eigenvalue weighted by Crippen LogP contribution is -1.99. The van der Waals surface area contributed by atoms with E-state index in [1.54, 1.807) is 23.9 Å². The Balaban J connectivity index is 1.82. The lowest BCUT2D eigenvalue weighted by atomic mass is 10.1. The molecule has 3 rings (SSSR count). The van der Waals surface area contributed by atoms with E-state index in [1.165, 1.54) is 12.1 Å². The number of halogens is 1. The van der Waals surface area contributed by atoms with Gasteiger partial charge >= 0.3 is 5.63 Å². The van der Waals surface area contributed by atoms with Crippen molar-refractivity contribution >= 4 is 34.3 Å². The van der Waals surface area contributed by atoms with Gasteiger partial charge in [-0.1, -0.05) is 29.8 Å². The lowest BCUT2D eigenvalue weighted by Gasteiger charge is -2.07. The van der Waals surface area contributed by atoms with Crippen LogP contribution in [0.3, 0.4) is 0 Å². The number of phenols is 1. The fraction of sp³-hybridized carbons (Fsp3) is 0.118. The molecule has 0 aliphatic heterocycles. The van der Waals surface area contributed by atoms with Crippen molar-refractivity contribution in [3.63, 3.8) is 0 Å². The highest BCUT2D eigenvalue weighted by Gasteiger charge is 2.07. The van der Waals surface area contributed by atoms with Crippen LogP contribution in [-0.4, -0.2) is 5.11 Å². The molecule has 3 nitrogen and oxygen atoms in total. The molecule has 0 aliphatic carbocycles. The van der Waals surface area contributed by atoms with E-state index in [0.717, 1.165) is 27.3 Å². The molecule has 1 aromatic heterocycles. The number of thioether (sulfide) groups is 1. The van der Waals surface area contributed by atoms with Gasteiger partial charge in [-0.05, 0) is 29.3 Å². The second kappa shape index (κ2) is 6.46. The van der Waals surface area contributed by atoms with Gasteiger partial charge in [0.25, 0.3) is 0 Å². The Labute approximate surface area is 136 Å². The first-order valence-corrected chi connectivity index (χ1v) is 8.23. The van der Waals surface area contributed by atoms with Crippen LogP contribution < -0.4 is 5.63 Å². The predicted octanol–water partition coefficient (Wildman–Crippen LogP) is 4.59. The third-order valence-electron chi connectivity index (χ3n) is 3.29. The zero-order valence-electron chi connectivity index (χ0n) is 11.6. The molecule has 3 aromatic rings. The molecule has 22 heavy (non-hydrogen) atoms. The van der Waals surface area contributed by atoms with Gasteiger partial charge in [0.05, 0.1) is 0 Å². The number of fused-ring (bicyclic) bond motifs is 1. The Kier molecular flexibility index (Phi) is 4.41. The molecule has 0 saturated heterocycles. The molecule has 1 N–H and O–H groups in total. The van der Waals surface area contributed by atoms with Gasteiger partial charge in [0, 0.05) is 34.0 Å². The van der Waals surface area contributed by atoms with E-state index in [1.807, 2.05) is 24.3 Å². The van der Waals surface area contributed by atoms with E-state index in [4.69, 9.17) is 16.0 Å². The second-order valence-electron chi connectivity index (χ2n) is 4.86. The SMILES string of the molecule is O=c1cc(CSCc2ccccc2Cl)c2ccc(O)cc2o1. The van der Waals surface area contributed by atoms with E-state index in [0.29, 0.717) is 11.3 Å². The molecular formula is C17H13ClO3S. The molecular weight excluding hydrogens is 320 g/mol. The standard InChI is InChI=1S/C17H13ClO3S/c18-15-4-2-1-3-11(15)9-22-10-12-7-17(20)21-16-8-13(19)5-6-14(12)16/h1-8,19H,9-10H2. The molecule has 0 atom stereocenters. The zero-order valence-corrected chi connectivity index (χ0v) is 13.2. The first kappa shape index (κ1) is 15.0. The van der Waals surface area contributed by atoms with Gasteiger partial charge in [0.1, 0.15) is 11.3 Å². The maximum absolute atomic E-state index is 11.6. The van der Waals surface area contributed by atoms with Crippen LogP contribution in [0.5, 0.6) is 5.75 Å². The van der Waals surface area contributed by atoms with Crippen LogP contribution in [0.4, 0.5) is 0 Å². The van der Waals surface area contributed by atoms with Crippen LogP contribution in [0, 0.1) is 0 Å². The average Bonchev–Trinajstić information content (AvgIpc) is 2.48. The van der Waals surface area contributed by atoms with Crippen LogP contribution >= 0.6 is 23.4 Å². The largest absolute Gasteiger partial charge is 0.508 e. The number of benzene rings is 2. The van der Waals surface area contributed by atoms with Crippen molar-refractivity contribution in [3.05, 3.63) is 75.1 Å². The highest BCUT2D eigenvalue weighted by atomic mass is 35.5. The summed E-state index contributed by atoms with van der Waals surface area (Å²) in [6, 6.07) is 14.0. The van der Waals surface area contributed by atoms with Gasteiger partial charge in [0.15, 0.2) is 0 Å². The first-order chi connectivity index (χ1) is 10.6.